The lowest BCUT2D eigenvalue weighted by atomic mass is 10.1. The van der Waals surface area contributed by atoms with E-state index in [1.54, 1.807) is 0 Å². The Bertz CT molecular complexity index is 574. The van der Waals surface area contributed by atoms with E-state index in [1.165, 1.54) is 6.07 Å². The second-order valence-corrected chi connectivity index (χ2v) is 4.28. The van der Waals surface area contributed by atoms with Gasteiger partial charge in [-0.1, -0.05) is 30.3 Å². The van der Waals surface area contributed by atoms with E-state index in [-0.39, 0.29) is 5.56 Å². The molecule has 0 amide bonds. The molecule has 0 spiro atoms. The highest BCUT2D eigenvalue weighted by molar-refractivity contribution is 5.26. The third-order valence-electron chi connectivity index (χ3n) is 2.97. The van der Waals surface area contributed by atoms with Crippen molar-refractivity contribution in [3.05, 3.63) is 58.1 Å². The largest absolute Gasteiger partial charge is 0.430 e. The molecule has 0 bridgehead atoms. The molecule has 0 unspecified atom stereocenters. The molecule has 0 saturated heterocycles. The first-order chi connectivity index (χ1) is 9.22. The highest BCUT2D eigenvalue weighted by atomic mass is 16.4. The van der Waals surface area contributed by atoms with E-state index in [1.807, 2.05) is 49.1 Å². The number of rotatable bonds is 5. The fraction of sp³-hybridized carbons (Fsp3) is 0.333. The van der Waals surface area contributed by atoms with Gasteiger partial charge in [-0.15, -0.1) is 0 Å². The zero-order valence-corrected chi connectivity index (χ0v) is 11.3. The lowest BCUT2D eigenvalue weighted by Gasteiger charge is -2.17. The van der Waals surface area contributed by atoms with Crippen LogP contribution < -0.4 is 10.5 Å². The van der Waals surface area contributed by atoms with Crippen molar-refractivity contribution in [3.8, 4) is 0 Å². The second-order valence-electron chi connectivity index (χ2n) is 4.28. The lowest BCUT2D eigenvalue weighted by Crippen LogP contribution is -2.25. The zero-order valence-electron chi connectivity index (χ0n) is 11.3. The van der Waals surface area contributed by atoms with Crippen molar-refractivity contribution in [2.24, 2.45) is 0 Å². The molecule has 0 aliphatic heterocycles. The summed E-state index contributed by atoms with van der Waals surface area (Å²) in [6.07, 6.45) is 0.604. The molecule has 1 aromatic carbocycles. The molecule has 19 heavy (non-hydrogen) atoms. The standard InChI is InChI=1S/C15H18N2O2/c1-3-17(4-2)15-16-14(18)11-13(19-15)10-12-8-6-5-7-9-12/h5-9,11H,3-4,10H2,1-2H3. The Balaban J connectivity index is 2.29. The smallest absolute Gasteiger partial charge is 0.300 e. The summed E-state index contributed by atoms with van der Waals surface area (Å²) in [5, 5.41) is 0. The van der Waals surface area contributed by atoms with Crippen LogP contribution in [0.25, 0.3) is 0 Å². The van der Waals surface area contributed by atoms with Crippen LogP contribution in [0.5, 0.6) is 0 Å². The molecule has 0 fully saturated rings. The van der Waals surface area contributed by atoms with Crippen LogP contribution in [-0.2, 0) is 6.42 Å². The van der Waals surface area contributed by atoms with Gasteiger partial charge in [0.25, 0.3) is 5.56 Å². The van der Waals surface area contributed by atoms with E-state index in [4.69, 9.17) is 4.42 Å². The molecule has 0 aliphatic rings. The van der Waals surface area contributed by atoms with Gasteiger partial charge < -0.3 is 9.32 Å². The van der Waals surface area contributed by atoms with E-state index in [0.29, 0.717) is 18.2 Å². The van der Waals surface area contributed by atoms with E-state index in [2.05, 4.69) is 4.98 Å². The first-order valence-corrected chi connectivity index (χ1v) is 6.53. The SMILES string of the molecule is CCN(CC)c1nc(=O)cc(Cc2ccccc2)o1. The Morgan fingerprint density at radius 2 is 1.84 bits per heavy atom. The van der Waals surface area contributed by atoms with Gasteiger partial charge in [-0.2, -0.15) is 4.98 Å². The minimum atomic E-state index is -0.251. The summed E-state index contributed by atoms with van der Waals surface area (Å²) < 4.78 is 5.72. The van der Waals surface area contributed by atoms with Gasteiger partial charge in [0, 0.05) is 25.6 Å². The van der Waals surface area contributed by atoms with Crippen molar-refractivity contribution in [1.82, 2.24) is 4.98 Å². The molecule has 0 atom stereocenters. The van der Waals surface area contributed by atoms with Crippen LogP contribution in [0.2, 0.25) is 0 Å². The van der Waals surface area contributed by atoms with Gasteiger partial charge in [-0.3, -0.25) is 4.79 Å². The number of hydrogen-bond donors (Lipinski definition) is 0. The first-order valence-electron chi connectivity index (χ1n) is 6.53. The average Bonchev–Trinajstić information content (AvgIpc) is 2.40. The summed E-state index contributed by atoms with van der Waals surface area (Å²) in [7, 11) is 0. The molecule has 0 radical (unpaired) electrons. The number of hydrogen-bond acceptors (Lipinski definition) is 4. The first kappa shape index (κ1) is 13.3. The molecule has 1 aromatic heterocycles. The predicted molar refractivity (Wildman–Crippen MR) is 75.6 cm³/mol. The Morgan fingerprint density at radius 1 is 1.16 bits per heavy atom. The van der Waals surface area contributed by atoms with Gasteiger partial charge in [0.2, 0.25) is 0 Å². The molecule has 2 aromatic rings. The Morgan fingerprint density at radius 3 is 2.47 bits per heavy atom. The number of anilines is 1. The van der Waals surface area contributed by atoms with Crippen LogP contribution in [0.4, 0.5) is 6.01 Å². The lowest BCUT2D eigenvalue weighted by molar-refractivity contribution is 0.472. The van der Waals surface area contributed by atoms with Gasteiger partial charge in [0.1, 0.15) is 5.76 Å². The maximum Gasteiger partial charge on any atom is 0.300 e. The van der Waals surface area contributed by atoms with Crippen LogP contribution >= 0.6 is 0 Å². The Kier molecular flexibility index (Phi) is 4.34. The minimum absolute atomic E-state index is 0.251. The van der Waals surface area contributed by atoms with Crippen molar-refractivity contribution in [2.45, 2.75) is 20.3 Å². The summed E-state index contributed by atoms with van der Waals surface area (Å²) in [6, 6.07) is 11.8. The van der Waals surface area contributed by atoms with Crippen LogP contribution in [0.1, 0.15) is 25.2 Å². The van der Waals surface area contributed by atoms with Gasteiger partial charge in [0.05, 0.1) is 0 Å². The number of nitrogens with zero attached hydrogens (tertiary/aromatic N) is 2. The normalized spacial score (nSPS) is 10.4. The topological polar surface area (TPSA) is 46.3 Å². The van der Waals surface area contributed by atoms with Gasteiger partial charge in [-0.05, 0) is 19.4 Å². The molecule has 4 nitrogen and oxygen atoms in total. The average molecular weight is 258 g/mol. The zero-order chi connectivity index (χ0) is 13.7. The summed E-state index contributed by atoms with van der Waals surface area (Å²) in [5.41, 5.74) is 0.862. The van der Waals surface area contributed by atoms with Crippen molar-refractivity contribution >= 4 is 6.01 Å². The molecular formula is C15H18N2O2. The Hall–Kier alpha value is -2.10. The highest BCUT2D eigenvalue weighted by Gasteiger charge is 2.10. The Labute approximate surface area is 112 Å². The van der Waals surface area contributed by atoms with Crippen molar-refractivity contribution in [1.29, 1.82) is 0 Å². The summed E-state index contributed by atoms with van der Waals surface area (Å²) >= 11 is 0. The van der Waals surface area contributed by atoms with Crippen LogP contribution in [0.3, 0.4) is 0 Å². The molecule has 0 N–H and O–H groups in total. The molecule has 100 valence electrons. The monoisotopic (exact) mass is 258 g/mol. The molecular weight excluding hydrogens is 240 g/mol. The summed E-state index contributed by atoms with van der Waals surface area (Å²) in [4.78, 5) is 17.5. The fourth-order valence-corrected chi connectivity index (χ4v) is 1.95. The van der Waals surface area contributed by atoms with Crippen molar-refractivity contribution in [2.75, 3.05) is 18.0 Å². The maximum absolute atomic E-state index is 11.6. The van der Waals surface area contributed by atoms with Gasteiger partial charge in [0.15, 0.2) is 0 Å². The van der Waals surface area contributed by atoms with Gasteiger partial charge in [-0.25, -0.2) is 0 Å². The summed E-state index contributed by atoms with van der Waals surface area (Å²) in [5.74, 6) is 0.646. The van der Waals surface area contributed by atoms with Crippen LogP contribution in [0.15, 0.2) is 45.6 Å². The van der Waals surface area contributed by atoms with Crippen molar-refractivity contribution in [3.63, 3.8) is 0 Å². The maximum atomic E-state index is 11.6. The van der Waals surface area contributed by atoms with Crippen molar-refractivity contribution < 1.29 is 4.42 Å². The highest BCUT2D eigenvalue weighted by Crippen LogP contribution is 2.13. The predicted octanol–water partition coefficient (Wildman–Crippen LogP) is 2.47. The summed E-state index contributed by atoms with van der Waals surface area (Å²) in [6.45, 7) is 5.55. The van der Waals surface area contributed by atoms with Gasteiger partial charge >= 0.3 is 6.01 Å². The molecule has 2 rings (SSSR count). The van der Waals surface area contributed by atoms with E-state index in [9.17, 15) is 4.79 Å². The second kappa shape index (κ2) is 6.18. The minimum Gasteiger partial charge on any atom is -0.430 e. The third-order valence-corrected chi connectivity index (χ3v) is 2.97. The number of benzene rings is 1. The fourth-order valence-electron chi connectivity index (χ4n) is 1.95. The van der Waals surface area contributed by atoms with E-state index < -0.39 is 0 Å². The quantitative estimate of drug-likeness (QED) is 0.826. The van der Waals surface area contributed by atoms with Crippen LogP contribution in [-0.4, -0.2) is 18.1 Å². The number of aromatic nitrogens is 1. The molecule has 0 saturated carbocycles. The van der Waals surface area contributed by atoms with Crippen LogP contribution in [0, 0.1) is 0 Å². The van der Waals surface area contributed by atoms with E-state index in [0.717, 1.165) is 18.7 Å². The molecule has 0 aliphatic carbocycles. The molecule has 4 heteroatoms. The molecule has 1 heterocycles. The third kappa shape index (κ3) is 3.44. The van der Waals surface area contributed by atoms with E-state index >= 15 is 0 Å².